The van der Waals surface area contributed by atoms with Crippen molar-refractivity contribution in [3.8, 4) is 5.75 Å². The average Bonchev–Trinajstić information content (AvgIpc) is 2.99. The van der Waals surface area contributed by atoms with Crippen LogP contribution in [0.5, 0.6) is 5.75 Å². The monoisotopic (exact) mass is 440 g/mol. The highest BCUT2D eigenvalue weighted by atomic mass is 35.5. The van der Waals surface area contributed by atoms with Crippen molar-refractivity contribution >= 4 is 62.3 Å². The Hall–Kier alpha value is -2.42. The normalized spacial score (nSPS) is 16.2. The standard InChI is InChI=1S/C18H11Cl2FN2O4S/c19-8-4-11-14(5-9(8)20)28-15(22-11)7-23-17-10(21)2-1-3-12(17)27-13(18(23)26)6-16(24)25/h1-5,13H,6-7H2,(H,24,25). The van der Waals surface area contributed by atoms with Gasteiger partial charge in [0.15, 0.2) is 11.9 Å². The first-order chi connectivity index (χ1) is 13.3. The zero-order valence-electron chi connectivity index (χ0n) is 14.0. The molecule has 1 atom stereocenters. The summed E-state index contributed by atoms with van der Waals surface area (Å²) in [5.74, 6) is -2.37. The molecule has 4 rings (SSSR count). The average molecular weight is 441 g/mol. The summed E-state index contributed by atoms with van der Waals surface area (Å²) in [5, 5.41) is 10.3. The highest BCUT2D eigenvalue weighted by molar-refractivity contribution is 7.18. The number of hydrogen-bond donors (Lipinski definition) is 1. The number of ether oxygens (including phenoxy) is 1. The van der Waals surface area contributed by atoms with Gasteiger partial charge in [0, 0.05) is 0 Å². The molecule has 6 nitrogen and oxygen atoms in total. The number of carbonyl (C=O) groups excluding carboxylic acids is 1. The number of anilines is 1. The third kappa shape index (κ3) is 3.39. The van der Waals surface area contributed by atoms with E-state index in [1.54, 1.807) is 12.1 Å². The van der Waals surface area contributed by atoms with Crippen LogP contribution in [0.1, 0.15) is 11.4 Å². The van der Waals surface area contributed by atoms with Gasteiger partial charge in [-0.1, -0.05) is 29.3 Å². The van der Waals surface area contributed by atoms with E-state index in [1.807, 2.05) is 0 Å². The van der Waals surface area contributed by atoms with Gasteiger partial charge in [-0.3, -0.25) is 14.5 Å². The van der Waals surface area contributed by atoms with E-state index in [4.69, 9.17) is 33.0 Å². The minimum atomic E-state index is -1.25. The minimum absolute atomic E-state index is 0.0375. The number of aliphatic carboxylic acids is 1. The Morgan fingerprint density at radius 3 is 2.82 bits per heavy atom. The van der Waals surface area contributed by atoms with E-state index in [-0.39, 0.29) is 18.0 Å². The van der Waals surface area contributed by atoms with Crippen LogP contribution in [-0.2, 0) is 16.1 Å². The van der Waals surface area contributed by atoms with E-state index in [2.05, 4.69) is 4.98 Å². The fourth-order valence-corrected chi connectivity index (χ4v) is 4.32. The van der Waals surface area contributed by atoms with Crippen LogP contribution in [0.3, 0.4) is 0 Å². The largest absolute Gasteiger partial charge is 0.481 e. The van der Waals surface area contributed by atoms with Crippen molar-refractivity contribution in [3.05, 3.63) is 51.2 Å². The molecule has 0 aliphatic carbocycles. The number of hydrogen-bond acceptors (Lipinski definition) is 5. The summed E-state index contributed by atoms with van der Waals surface area (Å²) in [4.78, 5) is 29.5. The van der Waals surface area contributed by atoms with Crippen LogP contribution in [-0.4, -0.2) is 28.1 Å². The van der Waals surface area contributed by atoms with Gasteiger partial charge in [0.05, 0.1) is 33.2 Å². The quantitative estimate of drug-likeness (QED) is 0.645. The molecule has 2 heterocycles. The second-order valence-corrected chi connectivity index (χ2v) is 7.99. The Balaban J connectivity index is 1.74. The third-order valence-electron chi connectivity index (χ3n) is 4.16. The van der Waals surface area contributed by atoms with Gasteiger partial charge in [-0.2, -0.15) is 0 Å². The third-order valence-corrected chi connectivity index (χ3v) is 5.88. The number of halogens is 3. The fraction of sp³-hybridized carbons (Fsp3) is 0.167. The number of benzene rings is 2. The molecule has 1 aliphatic rings. The van der Waals surface area contributed by atoms with Crippen molar-refractivity contribution in [2.24, 2.45) is 0 Å². The van der Waals surface area contributed by atoms with E-state index in [1.165, 1.54) is 34.4 Å². The maximum atomic E-state index is 14.5. The summed E-state index contributed by atoms with van der Waals surface area (Å²) in [6.07, 6.45) is -1.78. The Labute approximate surface area is 172 Å². The molecule has 1 aliphatic heterocycles. The van der Waals surface area contributed by atoms with Crippen molar-refractivity contribution < 1.29 is 23.8 Å². The number of carboxylic acids is 1. The summed E-state index contributed by atoms with van der Waals surface area (Å²) in [7, 11) is 0. The molecular weight excluding hydrogens is 430 g/mol. The lowest BCUT2D eigenvalue weighted by molar-refractivity contribution is -0.142. The van der Waals surface area contributed by atoms with Crippen LogP contribution in [0.25, 0.3) is 10.2 Å². The molecule has 0 saturated heterocycles. The Morgan fingerprint density at radius 1 is 1.32 bits per heavy atom. The minimum Gasteiger partial charge on any atom is -0.481 e. The molecular formula is C18H11Cl2FN2O4S. The topological polar surface area (TPSA) is 79.7 Å². The lowest BCUT2D eigenvalue weighted by atomic mass is 10.1. The zero-order valence-corrected chi connectivity index (χ0v) is 16.3. The van der Waals surface area contributed by atoms with Gasteiger partial charge < -0.3 is 9.84 Å². The second-order valence-electron chi connectivity index (χ2n) is 6.06. The molecule has 3 aromatic rings. The van der Waals surface area contributed by atoms with Gasteiger partial charge in [0.1, 0.15) is 16.4 Å². The lowest BCUT2D eigenvalue weighted by Crippen LogP contribution is -2.46. The zero-order chi connectivity index (χ0) is 20.0. The molecule has 1 N–H and O–H groups in total. The summed E-state index contributed by atoms with van der Waals surface area (Å²) in [6.45, 7) is -0.0408. The van der Waals surface area contributed by atoms with E-state index >= 15 is 0 Å². The first-order valence-corrected chi connectivity index (χ1v) is 9.63. The number of fused-ring (bicyclic) bond motifs is 2. The number of para-hydroxylation sites is 1. The van der Waals surface area contributed by atoms with Crippen LogP contribution in [0.4, 0.5) is 10.1 Å². The molecule has 28 heavy (non-hydrogen) atoms. The Morgan fingerprint density at radius 2 is 2.07 bits per heavy atom. The molecule has 2 aromatic carbocycles. The molecule has 1 amide bonds. The molecule has 1 aromatic heterocycles. The Bertz CT molecular complexity index is 1080. The lowest BCUT2D eigenvalue weighted by Gasteiger charge is -2.33. The van der Waals surface area contributed by atoms with Crippen molar-refractivity contribution in [2.45, 2.75) is 19.1 Å². The van der Waals surface area contributed by atoms with Gasteiger partial charge >= 0.3 is 5.97 Å². The first-order valence-electron chi connectivity index (χ1n) is 8.06. The van der Waals surface area contributed by atoms with Gasteiger partial charge in [-0.15, -0.1) is 11.3 Å². The molecule has 144 valence electrons. The molecule has 0 fully saturated rings. The predicted octanol–water partition coefficient (Wildman–Crippen LogP) is 4.51. The number of amides is 1. The number of nitrogens with zero attached hydrogens (tertiary/aromatic N) is 2. The molecule has 0 saturated carbocycles. The van der Waals surface area contributed by atoms with Crippen LogP contribution < -0.4 is 9.64 Å². The van der Waals surface area contributed by atoms with Gasteiger partial charge in [0.2, 0.25) is 0 Å². The summed E-state index contributed by atoms with van der Waals surface area (Å²) in [5.41, 5.74) is 0.565. The predicted molar refractivity (Wildman–Crippen MR) is 104 cm³/mol. The molecule has 0 spiro atoms. The second kappa shape index (κ2) is 7.20. The number of aromatic nitrogens is 1. The molecule has 10 heteroatoms. The summed E-state index contributed by atoms with van der Waals surface area (Å²) in [6, 6.07) is 7.41. The Kier molecular flexibility index (Phi) is 4.86. The van der Waals surface area contributed by atoms with Crippen molar-refractivity contribution in [3.63, 3.8) is 0 Å². The molecule has 1 unspecified atom stereocenters. The van der Waals surface area contributed by atoms with E-state index in [0.29, 0.717) is 20.6 Å². The maximum absolute atomic E-state index is 14.5. The smallest absolute Gasteiger partial charge is 0.307 e. The van der Waals surface area contributed by atoms with Crippen LogP contribution in [0.15, 0.2) is 30.3 Å². The van der Waals surface area contributed by atoms with E-state index in [9.17, 15) is 14.0 Å². The number of carbonyl (C=O) groups is 2. The highest BCUT2D eigenvalue weighted by Crippen LogP contribution is 2.39. The van der Waals surface area contributed by atoms with Crippen molar-refractivity contribution in [2.75, 3.05) is 4.90 Å². The van der Waals surface area contributed by atoms with E-state index in [0.717, 1.165) is 4.70 Å². The molecule has 0 bridgehead atoms. The van der Waals surface area contributed by atoms with Crippen molar-refractivity contribution in [1.82, 2.24) is 4.98 Å². The van der Waals surface area contributed by atoms with Crippen LogP contribution >= 0.6 is 34.5 Å². The number of carboxylic acid groups (broad SMARTS) is 1. The van der Waals surface area contributed by atoms with Crippen LogP contribution in [0.2, 0.25) is 10.0 Å². The first kappa shape index (κ1) is 18.9. The fourth-order valence-electron chi connectivity index (χ4n) is 2.96. The maximum Gasteiger partial charge on any atom is 0.307 e. The molecule has 0 radical (unpaired) electrons. The summed E-state index contributed by atoms with van der Waals surface area (Å²) >= 11 is 13.3. The number of thiazole rings is 1. The van der Waals surface area contributed by atoms with Gasteiger partial charge in [-0.25, -0.2) is 9.37 Å². The van der Waals surface area contributed by atoms with E-state index < -0.39 is 30.2 Å². The SMILES string of the molecule is O=C(O)CC1Oc2cccc(F)c2N(Cc2nc3cc(Cl)c(Cl)cc3s2)C1=O. The van der Waals surface area contributed by atoms with Gasteiger partial charge in [0.25, 0.3) is 5.91 Å². The van der Waals surface area contributed by atoms with Gasteiger partial charge in [-0.05, 0) is 24.3 Å². The van der Waals surface area contributed by atoms with Crippen molar-refractivity contribution in [1.29, 1.82) is 0 Å². The summed E-state index contributed by atoms with van der Waals surface area (Å²) < 4.78 is 20.7. The highest BCUT2D eigenvalue weighted by Gasteiger charge is 2.38. The van der Waals surface area contributed by atoms with Crippen LogP contribution in [0, 0.1) is 5.82 Å². The number of rotatable bonds is 4.